The van der Waals surface area contributed by atoms with Crippen molar-refractivity contribution in [2.75, 3.05) is 13.1 Å². The molecule has 0 aliphatic rings. The van der Waals surface area contributed by atoms with Crippen LogP contribution in [0.3, 0.4) is 0 Å². The third-order valence-electron chi connectivity index (χ3n) is 2.09. The van der Waals surface area contributed by atoms with E-state index in [2.05, 4.69) is 4.98 Å². The summed E-state index contributed by atoms with van der Waals surface area (Å²) in [5.41, 5.74) is 0. The Morgan fingerprint density at radius 1 is 1.57 bits per heavy atom. The summed E-state index contributed by atoms with van der Waals surface area (Å²) < 4.78 is 1.63. The summed E-state index contributed by atoms with van der Waals surface area (Å²) in [7, 11) is 0. The molecule has 0 atom stereocenters. The Bertz CT molecular complexity index is 307. The predicted molar refractivity (Wildman–Crippen MR) is 55.2 cm³/mol. The molecule has 1 rings (SSSR count). The fourth-order valence-corrected chi connectivity index (χ4v) is 1.42. The maximum atomic E-state index is 11.6. The van der Waals surface area contributed by atoms with E-state index in [9.17, 15) is 4.79 Å². The molecule has 78 valence electrons. The van der Waals surface area contributed by atoms with E-state index in [1.54, 1.807) is 21.9 Å². The van der Waals surface area contributed by atoms with Crippen molar-refractivity contribution in [2.45, 2.75) is 20.4 Å². The highest BCUT2D eigenvalue weighted by Gasteiger charge is 2.11. The molecule has 0 saturated carbocycles. The van der Waals surface area contributed by atoms with Gasteiger partial charge in [0.05, 0.1) is 0 Å². The lowest BCUT2D eigenvalue weighted by atomic mass is 10.4. The van der Waals surface area contributed by atoms with E-state index < -0.39 is 0 Å². The molecule has 0 unspecified atom stereocenters. The number of nitrogens with zero attached hydrogens (tertiary/aromatic N) is 3. The first-order valence-electron chi connectivity index (χ1n) is 4.63. The number of halogens is 1. The standard InChI is InChI=1S/C9H14ClN3O/c1-3-12(4-2)8(14)7-13-6-5-11-9(13)10/h5-6H,3-4,7H2,1-2H3. The molecule has 1 aromatic heterocycles. The van der Waals surface area contributed by atoms with Crippen molar-refractivity contribution in [2.24, 2.45) is 0 Å². The van der Waals surface area contributed by atoms with Crippen molar-refractivity contribution in [3.8, 4) is 0 Å². The molecule has 0 aliphatic carbocycles. The summed E-state index contributed by atoms with van der Waals surface area (Å²) in [5, 5.41) is 0.352. The van der Waals surface area contributed by atoms with Crippen LogP contribution in [0.25, 0.3) is 0 Å². The molecule has 0 bridgehead atoms. The second-order valence-electron chi connectivity index (χ2n) is 2.89. The van der Waals surface area contributed by atoms with Gasteiger partial charge < -0.3 is 9.47 Å². The first-order valence-corrected chi connectivity index (χ1v) is 5.01. The van der Waals surface area contributed by atoms with E-state index in [1.165, 1.54) is 0 Å². The van der Waals surface area contributed by atoms with Gasteiger partial charge in [-0.2, -0.15) is 0 Å². The van der Waals surface area contributed by atoms with Crippen LogP contribution in [-0.4, -0.2) is 33.4 Å². The molecule has 0 radical (unpaired) electrons. The lowest BCUT2D eigenvalue weighted by molar-refractivity contribution is -0.131. The second-order valence-corrected chi connectivity index (χ2v) is 3.23. The zero-order chi connectivity index (χ0) is 10.6. The summed E-state index contributed by atoms with van der Waals surface area (Å²) in [4.78, 5) is 17.2. The quantitative estimate of drug-likeness (QED) is 0.762. The Balaban J connectivity index is 2.61. The fourth-order valence-electron chi connectivity index (χ4n) is 1.25. The van der Waals surface area contributed by atoms with Gasteiger partial charge in [0.25, 0.3) is 0 Å². The number of amides is 1. The van der Waals surface area contributed by atoms with Crippen LogP contribution in [0.5, 0.6) is 0 Å². The maximum absolute atomic E-state index is 11.6. The highest BCUT2D eigenvalue weighted by Crippen LogP contribution is 2.05. The third kappa shape index (κ3) is 2.48. The van der Waals surface area contributed by atoms with Crippen molar-refractivity contribution in [1.82, 2.24) is 14.5 Å². The SMILES string of the molecule is CCN(CC)C(=O)Cn1ccnc1Cl. The Kier molecular flexibility index (Phi) is 3.95. The topological polar surface area (TPSA) is 38.1 Å². The van der Waals surface area contributed by atoms with Gasteiger partial charge in [-0.1, -0.05) is 0 Å². The Morgan fingerprint density at radius 3 is 2.64 bits per heavy atom. The number of imidazole rings is 1. The smallest absolute Gasteiger partial charge is 0.242 e. The molecule has 0 fully saturated rings. The largest absolute Gasteiger partial charge is 0.342 e. The molecule has 0 spiro atoms. The maximum Gasteiger partial charge on any atom is 0.242 e. The molecule has 1 amide bonds. The van der Waals surface area contributed by atoms with E-state index in [1.807, 2.05) is 13.8 Å². The first kappa shape index (κ1) is 11.0. The van der Waals surface area contributed by atoms with E-state index in [-0.39, 0.29) is 12.5 Å². The van der Waals surface area contributed by atoms with Gasteiger partial charge in [0.2, 0.25) is 11.2 Å². The van der Waals surface area contributed by atoms with Crippen molar-refractivity contribution >= 4 is 17.5 Å². The van der Waals surface area contributed by atoms with E-state index in [0.29, 0.717) is 5.28 Å². The number of carbonyl (C=O) groups excluding carboxylic acids is 1. The van der Waals surface area contributed by atoms with Crippen LogP contribution in [-0.2, 0) is 11.3 Å². The molecule has 5 heteroatoms. The molecule has 0 saturated heterocycles. The lowest BCUT2D eigenvalue weighted by Crippen LogP contribution is -2.33. The Morgan fingerprint density at radius 2 is 2.21 bits per heavy atom. The van der Waals surface area contributed by atoms with Crippen LogP contribution in [0.15, 0.2) is 12.4 Å². The van der Waals surface area contributed by atoms with Crippen LogP contribution in [0.1, 0.15) is 13.8 Å². The van der Waals surface area contributed by atoms with Gasteiger partial charge in [-0.25, -0.2) is 4.98 Å². The molecule has 1 heterocycles. The fraction of sp³-hybridized carbons (Fsp3) is 0.556. The minimum absolute atomic E-state index is 0.0647. The van der Waals surface area contributed by atoms with E-state index >= 15 is 0 Å². The number of hydrogen-bond acceptors (Lipinski definition) is 2. The van der Waals surface area contributed by atoms with Crippen LogP contribution >= 0.6 is 11.6 Å². The summed E-state index contributed by atoms with van der Waals surface area (Å²) in [5.74, 6) is 0.0647. The average Bonchev–Trinajstić information content (AvgIpc) is 2.54. The summed E-state index contributed by atoms with van der Waals surface area (Å²) in [6, 6.07) is 0. The van der Waals surface area contributed by atoms with Gasteiger partial charge in [-0.15, -0.1) is 0 Å². The zero-order valence-electron chi connectivity index (χ0n) is 8.40. The number of aromatic nitrogens is 2. The molecular weight excluding hydrogens is 202 g/mol. The number of likely N-dealkylation sites (N-methyl/N-ethyl adjacent to an activating group) is 1. The molecule has 0 aliphatic heterocycles. The highest BCUT2D eigenvalue weighted by atomic mass is 35.5. The molecule has 0 aromatic carbocycles. The molecule has 1 aromatic rings. The average molecular weight is 216 g/mol. The second kappa shape index (κ2) is 5.00. The van der Waals surface area contributed by atoms with Crippen LogP contribution in [0, 0.1) is 0 Å². The van der Waals surface area contributed by atoms with E-state index in [4.69, 9.17) is 11.6 Å². The predicted octanol–water partition coefficient (Wildman–Crippen LogP) is 1.40. The molecule has 0 N–H and O–H groups in total. The molecule has 4 nitrogen and oxygen atoms in total. The third-order valence-corrected chi connectivity index (χ3v) is 2.40. The van der Waals surface area contributed by atoms with Gasteiger partial charge in [0, 0.05) is 25.5 Å². The normalized spacial score (nSPS) is 10.2. The first-order chi connectivity index (χ1) is 6.69. The highest BCUT2D eigenvalue weighted by molar-refractivity contribution is 6.28. The summed E-state index contributed by atoms with van der Waals surface area (Å²) in [6.45, 7) is 5.62. The van der Waals surface area contributed by atoms with Crippen LogP contribution < -0.4 is 0 Å². The van der Waals surface area contributed by atoms with Crippen LogP contribution in [0.4, 0.5) is 0 Å². The zero-order valence-corrected chi connectivity index (χ0v) is 9.16. The minimum Gasteiger partial charge on any atom is -0.342 e. The number of carbonyl (C=O) groups is 1. The van der Waals surface area contributed by atoms with Gasteiger partial charge in [0.1, 0.15) is 6.54 Å². The van der Waals surface area contributed by atoms with Crippen molar-refractivity contribution < 1.29 is 4.79 Å². The van der Waals surface area contributed by atoms with Gasteiger partial charge >= 0.3 is 0 Å². The summed E-state index contributed by atoms with van der Waals surface area (Å²) >= 11 is 5.76. The Labute approximate surface area is 88.5 Å². The van der Waals surface area contributed by atoms with Crippen molar-refractivity contribution in [1.29, 1.82) is 0 Å². The Hall–Kier alpha value is -1.03. The van der Waals surface area contributed by atoms with Crippen LogP contribution in [0.2, 0.25) is 5.28 Å². The van der Waals surface area contributed by atoms with E-state index in [0.717, 1.165) is 13.1 Å². The van der Waals surface area contributed by atoms with Crippen molar-refractivity contribution in [3.05, 3.63) is 17.7 Å². The van der Waals surface area contributed by atoms with Crippen molar-refractivity contribution in [3.63, 3.8) is 0 Å². The van der Waals surface area contributed by atoms with Gasteiger partial charge in [-0.3, -0.25) is 4.79 Å². The molecular formula is C9H14ClN3O. The summed E-state index contributed by atoms with van der Waals surface area (Å²) in [6.07, 6.45) is 3.28. The molecule has 14 heavy (non-hydrogen) atoms. The monoisotopic (exact) mass is 215 g/mol. The minimum atomic E-state index is 0.0647. The lowest BCUT2D eigenvalue weighted by Gasteiger charge is -2.18. The van der Waals surface area contributed by atoms with Gasteiger partial charge in [0.15, 0.2) is 0 Å². The number of hydrogen-bond donors (Lipinski definition) is 0. The number of rotatable bonds is 4. The van der Waals surface area contributed by atoms with Gasteiger partial charge in [-0.05, 0) is 25.4 Å².